The van der Waals surface area contributed by atoms with Crippen molar-refractivity contribution < 1.29 is 23.8 Å². The molecule has 7 heteroatoms. The summed E-state index contributed by atoms with van der Waals surface area (Å²) in [6.07, 6.45) is -0.907. The Morgan fingerprint density at radius 2 is 1.96 bits per heavy atom. The highest BCUT2D eigenvalue weighted by atomic mass is 35.5. The minimum atomic E-state index is -0.907. The summed E-state index contributed by atoms with van der Waals surface area (Å²) in [4.78, 5) is 24.0. The fraction of sp³-hybridized carbons (Fsp3) is 0.222. The number of nitrogens with one attached hydrogen (secondary N) is 1. The predicted molar refractivity (Wildman–Crippen MR) is 92.1 cm³/mol. The molecule has 1 aliphatic heterocycles. The third-order valence-electron chi connectivity index (χ3n) is 3.66. The number of esters is 1. The maximum atomic E-state index is 12.1. The SMILES string of the molecule is Cc1c(Cl)cccc1NC(=O)COC(=O)C1COc2ccccc2O1. The molecule has 0 fully saturated rings. The summed E-state index contributed by atoms with van der Waals surface area (Å²) in [5.74, 6) is -0.0845. The van der Waals surface area contributed by atoms with E-state index in [1.165, 1.54) is 0 Å². The van der Waals surface area contributed by atoms with E-state index >= 15 is 0 Å². The predicted octanol–water partition coefficient (Wildman–Crippen LogP) is 2.97. The van der Waals surface area contributed by atoms with Crippen molar-refractivity contribution in [3.8, 4) is 11.5 Å². The van der Waals surface area contributed by atoms with Crippen LogP contribution >= 0.6 is 11.6 Å². The first-order valence-corrected chi connectivity index (χ1v) is 8.02. The molecule has 0 aliphatic carbocycles. The molecule has 0 bridgehead atoms. The second-order valence-corrected chi connectivity index (χ2v) is 5.84. The molecule has 1 aliphatic rings. The molecule has 130 valence electrons. The molecule has 1 heterocycles. The van der Waals surface area contributed by atoms with Crippen molar-refractivity contribution in [1.82, 2.24) is 0 Å². The second-order valence-electron chi connectivity index (χ2n) is 5.43. The van der Waals surface area contributed by atoms with Crippen LogP contribution in [0.1, 0.15) is 5.56 Å². The first-order valence-electron chi connectivity index (χ1n) is 7.64. The zero-order chi connectivity index (χ0) is 17.8. The Morgan fingerprint density at radius 1 is 1.20 bits per heavy atom. The van der Waals surface area contributed by atoms with Gasteiger partial charge in [0.1, 0.15) is 6.61 Å². The smallest absolute Gasteiger partial charge is 0.351 e. The van der Waals surface area contributed by atoms with Gasteiger partial charge in [0.25, 0.3) is 5.91 Å². The van der Waals surface area contributed by atoms with Gasteiger partial charge in [0.2, 0.25) is 6.10 Å². The maximum Gasteiger partial charge on any atom is 0.351 e. The molecule has 1 amide bonds. The van der Waals surface area contributed by atoms with E-state index in [0.717, 1.165) is 5.56 Å². The number of fused-ring (bicyclic) bond motifs is 1. The Bertz CT molecular complexity index is 808. The summed E-state index contributed by atoms with van der Waals surface area (Å²) < 4.78 is 16.0. The van der Waals surface area contributed by atoms with Crippen molar-refractivity contribution in [3.05, 3.63) is 53.1 Å². The zero-order valence-electron chi connectivity index (χ0n) is 13.5. The van der Waals surface area contributed by atoms with Gasteiger partial charge in [-0.25, -0.2) is 4.79 Å². The monoisotopic (exact) mass is 361 g/mol. The molecule has 0 spiro atoms. The average molecular weight is 362 g/mol. The van der Waals surface area contributed by atoms with Gasteiger partial charge in [0.15, 0.2) is 18.1 Å². The van der Waals surface area contributed by atoms with Gasteiger partial charge in [-0.1, -0.05) is 29.8 Å². The molecule has 0 saturated heterocycles. The van der Waals surface area contributed by atoms with Crippen LogP contribution in [0.25, 0.3) is 0 Å². The molecular weight excluding hydrogens is 346 g/mol. The van der Waals surface area contributed by atoms with Crippen molar-refractivity contribution in [1.29, 1.82) is 0 Å². The lowest BCUT2D eigenvalue weighted by Gasteiger charge is -2.24. The highest BCUT2D eigenvalue weighted by molar-refractivity contribution is 6.31. The number of hydrogen-bond donors (Lipinski definition) is 1. The standard InChI is InChI=1S/C18H16ClNO5/c1-11-12(19)5-4-6-13(11)20-17(21)10-24-18(22)16-9-23-14-7-2-3-8-15(14)25-16/h2-8,16H,9-10H2,1H3,(H,20,21). The summed E-state index contributed by atoms with van der Waals surface area (Å²) in [6, 6.07) is 12.2. The van der Waals surface area contributed by atoms with E-state index in [4.69, 9.17) is 25.8 Å². The number of carbonyl (C=O) groups excluding carboxylic acids is 2. The molecule has 2 aromatic rings. The largest absolute Gasteiger partial charge is 0.485 e. The minimum absolute atomic E-state index is 0.0326. The van der Waals surface area contributed by atoms with Gasteiger partial charge in [-0.2, -0.15) is 0 Å². The van der Waals surface area contributed by atoms with E-state index < -0.39 is 24.6 Å². The van der Waals surface area contributed by atoms with Crippen LogP contribution in [0.3, 0.4) is 0 Å². The van der Waals surface area contributed by atoms with Gasteiger partial charge < -0.3 is 19.5 Å². The quantitative estimate of drug-likeness (QED) is 0.847. The normalized spacial score (nSPS) is 15.4. The van der Waals surface area contributed by atoms with E-state index in [0.29, 0.717) is 22.2 Å². The van der Waals surface area contributed by atoms with E-state index in [1.54, 1.807) is 43.3 Å². The lowest BCUT2D eigenvalue weighted by Crippen LogP contribution is -2.39. The number of ether oxygens (including phenoxy) is 3. The first kappa shape index (κ1) is 17.1. The number of para-hydroxylation sites is 2. The molecule has 0 saturated carbocycles. The lowest BCUT2D eigenvalue weighted by molar-refractivity contribution is -0.156. The van der Waals surface area contributed by atoms with E-state index in [2.05, 4.69) is 5.32 Å². The number of anilines is 1. The molecule has 1 atom stereocenters. The zero-order valence-corrected chi connectivity index (χ0v) is 14.2. The lowest BCUT2D eigenvalue weighted by atomic mass is 10.2. The molecule has 3 rings (SSSR count). The molecule has 6 nitrogen and oxygen atoms in total. The van der Waals surface area contributed by atoms with Crippen LogP contribution in [0.15, 0.2) is 42.5 Å². The number of carbonyl (C=O) groups is 2. The van der Waals surface area contributed by atoms with Crippen molar-refractivity contribution in [2.45, 2.75) is 13.0 Å². The summed E-state index contributed by atoms with van der Waals surface area (Å²) >= 11 is 6.00. The topological polar surface area (TPSA) is 73.9 Å². The highest BCUT2D eigenvalue weighted by Crippen LogP contribution is 2.31. The summed E-state index contributed by atoms with van der Waals surface area (Å²) in [5, 5.41) is 3.20. The fourth-order valence-electron chi connectivity index (χ4n) is 2.29. The number of hydrogen-bond acceptors (Lipinski definition) is 5. The Hall–Kier alpha value is -2.73. The van der Waals surface area contributed by atoms with Crippen LogP contribution in [0.2, 0.25) is 5.02 Å². The first-order chi connectivity index (χ1) is 12.0. The summed E-state index contributed by atoms with van der Waals surface area (Å²) in [5.41, 5.74) is 1.31. The molecule has 0 aromatic heterocycles. The number of amides is 1. The van der Waals surface area contributed by atoms with Gasteiger partial charge in [-0.3, -0.25) is 4.79 Å². The van der Waals surface area contributed by atoms with Crippen LogP contribution in [0.5, 0.6) is 11.5 Å². The van der Waals surface area contributed by atoms with Crippen LogP contribution in [-0.4, -0.2) is 31.2 Å². The van der Waals surface area contributed by atoms with Crippen molar-refractivity contribution in [2.24, 2.45) is 0 Å². The van der Waals surface area contributed by atoms with E-state index in [9.17, 15) is 9.59 Å². The molecule has 0 radical (unpaired) electrons. The van der Waals surface area contributed by atoms with E-state index in [1.807, 2.05) is 6.07 Å². The van der Waals surface area contributed by atoms with Crippen LogP contribution in [-0.2, 0) is 14.3 Å². The minimum Gasteiger partial charge on any atom is -0.485 e. The summed E-state index contributed by atoms with van der Waals surface area (Å²) in [6.45, 7) is 1.39. The third-order valence-corrected chi connectivity index (χ3v) is 4.07. The van der Waals surface area contributed by atoms with Crippen LogP contribution in [0.4, 0.5) is 5.69 Å². The Kier molecular flexibility index (Phi) is 5.09. The second kappa shape index (κ2) is 7.44. The van der Waals surface area contributed by atoms with Crippen LogP contribution < -0.4 is 14.8 Å². The Labute approximate surface area is 149 Å². The number of benzene rings is 2. The molecule has 25 heavy (non-hydrogen) atoms. The van der Waals surface area contributed by atoms with Gasteiger partial charge in [0, 0.05) is 10.7 Å². The third kappa shape index (κ3) is 4.03. The Balaban J connectivity index is 1.52. The van der Waals surface area contributed by atoms with Crippen LogP contribution in [0, 0.1) is 6.92 Å². The van der Waals surface area contributed by atoms with Gasteiger partial charge in [-0.15, -0.1) is 0 Å². The molecule has 2 aromatic carbocycles. The summed E-state index contributed by atoms with van der Waals surface area (Å²) in [7, 11) is 0. The molecule has 1 unspecified atom stereocenters. The molecule has 1 N–H and O–H groups in total. The van der Waals surface area contributed by atoms with Crippen molar-refractivity contribution >= 4 is 29.2 Å². The highest BCUT2D eigenvalue weighted by Gasteiger charge is 2.29. The number of rotatable bonds is 4. The maximum absolute atomic E-state index is 12.1. The van der Waals surface area contributed by atoms with Crippen molar-refractivity contribution in [3.63, 3.8) is 0 Å². The number of halogens is 1. The van der Waals surface area contributed by atoms with Gasteiger partial charge in [-0.05, 0) is 36.8 Å². The Morgan fingerprint density at radius 3 is 2.76 bits per heavy atom. The average Bonchev–Trinajstić information content (AvgIpc) is 2.63. The molecular formula is C18H16ClNO5. The van der Waals surface area contributed by atoms with Crippen molar-refractivity contribution in [2.75, 3.05) is 18.5 Å². The fourth-order valence-corrected chi connectivity index (χ4v) is 2.47. The van der Waals surface area contributed by atoms with Gasteiger partial charge >= 0.3 is 5.97 Å². The van der Waals surface area contributed by atoms with E-state index in [-0.39, 0.29) is 6.61 Å². The van der Waals surface area contributed by atoms with Gasteiger partial charge in [0.05, 0.1) is 0 Å².